The summed E-state index contributed by atoms with van der Waals surface area (Å²) >= 11 is 5.62. The molecule has 1 saturated carbocycles. The first-order valence-corrected chi connectivity index (χ1v) is 17.6. The summed E-state index contributed by atoms with van der Waals surface area (Å²) in [5.74, 6) is 2.39. The summed E-state index contributed by atoms with van der Waals surface area (Å²) in [6, 6.07) is 0.825. The topological polar surface area (TPSA) is 113 Å². The number of morpholine rings is 1. The molecule has 5 saturated heterocycles. The Bertz CT molecular complexity index is 1000. The molecule has 4 N–H and O–H groups in total. The second kappa shape index (κ2) is 12.2. The van der Waals surface area contributed by atoms with E-state index in [2.05, 4.69) is 32.5 Å². The third-order valence-electron chi connectivity index (χ3n) is 9.56. The normalized spacial score (nSPS) is 44.3. The van der Waals surface area contributed by atoms with Crippen molar-refractivity contribution < 1.29 is 23.8 Å². The first kappa shape index (κ1) is 28.3. The molecule has 13 heteroatoms. The van der Waals surface area contributed by atoms with Crippen molar-refractivity contribution in [3.8, 4) is 0 Å². The molecule has 6 heterocycles. The molecular formula is C27H41N5O5S3. The van der Waals surface area contributed by atoms with Crippen LogP contribution in [-0.2, 0) is 23.8 Å². The smallest absolute Gasteiger partial charge is 0.220 e. The highest BCUT2D eigenvalue weighted by atomic mass is 32.2. The quantitative estimate of drug-likeness (QED) is 0.305. The molecule has 7 rings (SSSR count). The van der Waals surface area contributed by atoms with Crippen LogP contribution in [0.5, 0.6) is 0 Å². The van der Waals surface area contributed by atoms with Crippen LogP contribution in [0.25, 0.3) is 0 Å². The van der Waals surface area contributed by atoms with E-state index in [-0.39, 0.29) is 52.5 Å². The van der Waals surface area contributed by atoms with Gasteiger partial charge in [0.25, 0.3) is 0 Å². The van der Waals surface area contributed by atoms with Gasteiger partial charge in [0, 0.05) is 74.3 Å². The number of nitrogens with zero attached hydrogens (tertiary/aromatic N) is 1. The minimum absolute atomic E-state index is 0.0725. The number of fused-ring (bicyclic) bond motifs is 2. The number of thioether (sulfide) groups is 2. The second-order valence-electron chi connectivity index (χ2n) is 12.1. The van der Waals surface area contributed by atoms with Gasteiger partial charge in [0.05, 0.1) is 53.1 Å². The lowest BCUT2D eigenvalue weighted by molar-refractivity contribution is -0.123. The summed E-state index contributed by atoms with van der Waals surface area (Å²) in [5.41, 5.74) is 0. The molecule has 10 nitrogen and oxygen atoms in total. The molecule has 40 heavy (non-hydrogen) atoms. The zero-order valence-corrected chi connectivity index (χ0v) is 25.4. The van der Waals surface area contributed by atoms with E-state index in [9.17, 15) is 9.59 Å². The summed E-state index contributed by atoms with van der Waals surface area (Å²) in [5, 5.41) is 12.5. The molecule has 0 spiro atoms. The number of rotatable bonds is 7. The zero-order valence-electron chi connectivity index (χ0n) is 22.9. The molecule has 0 aromatic heterocycles. The maximum absolute atomic E-state index is 13.0. The highest BCUT2D eigenvalue weighted by Crippen LogP contribution is 2.46. The van der Waals surface area contributed by atoms with Crippen LogP contribution >= 0.6 is 35.5 Å². The summed E-state index contributed by atoms with van der Waals surface area (Å²) in [6.45, 7) is 7.49. The largest absolute Gasteiger partial charge is 0.378 e. The van der Waals surface area contributed by atoms with Crippen molar-refractivity contribution in [1.82, 2.24) is 25.6 Å². The highest BCUT2D eigenvalue weighted by molar-refractivity contribution is 8.04. The van der Waals surface area contributed by atoms with Crippen LogP contribution < -0.4 is 20.7 Å². The van der Waals surface area contributed by atoms with Crippen molar-refractivity contribution in [3.05, 3.63) is 11.1 Å². The van der Waals surface area contributed by atoms with Gasteiger partial charge in [-0.1, -0.05) is 11.9 Å². The summed E-state index contributed by atoms with van der Waals surface area (Å²) in [7, 11) is 0. The predicted molar refractivity (Wildman–Crippen MR) is 158 cm³/mol. The Balaban J connectivity index is 0.951. The zero-order chi connectivity index (χ0) is 27.2. The second-order valence-corrected chi connectivity index (χ2v) is 15.5. The predicted octanol–water partition coefficient (Wildman–Crippen LogP) is 0.746. The van der Waals surface area contributed by atoms with Crippen molar-refractivity contribution >= 4 is 47.2 Å². The lowest BCUT2D eigenvalue weighted by Crippen LogP contribution is -2.52. The molecule has 9 unspecified atom stereocenters. The van der Waals surface area contributed by atoms with E-state index in [1.165, 1.54) is 0 Å². The maximum Gasteiger partial charge on any atom is 0.220 e. The number of hydrogen-bond acceptors (Lipinski definition) is 12. The van der Waals surface area contributed by atoms with Crippen LogP contribution in [0, 0.1) is 17.8 Å². The van der Waals surface area contributed by atoms with E-state index >= 15 is 0 Å². The van der Waals surface area contributed by atoms with Gasteiger partial charge in [0.1, 0.15) is 6.10 Å². The average molecular weight is 612 g/mol. The molecule has 6 aliphatic heterocycles. The van der Waals surface area contributed by atoms with E-state index in [4.69, 9.17) is 14.2 Å². The van der Waals surface area contributed by atoms with E-state index in [1.807, 2.05) is 35.5 Å². The molecular weight excluding hydrogens is 571 g/mol. The van der Waals surface area contributed by atoms with Gasteiger partial charge in [0.2, 0.25) is 5.91 Å². The van der Waals surface area contributed by atoms with Crippen LogP contribution in [0.1, 0.15) is 26.2 Å². The molecule has 0 aromatic carbocycles. The summed E-state index contributed by atoms with van der Waals surface area (Å²) in [4.78, 5) is 27.0. The number of carbonyl (C=O) groups is 2. The van der Waals surface area contributed by atoms with Gasteiger partial charge in [-0.3, -0.25) is 14.3 Å². The molecule has 1 aliphatic carbocycles. The summed E-state index contributed by atoms with van der Waals surface area (Å²) < 4.78 is 21.9. The van der Waals surface area contributed by atoms with Gasteiger partial charge in [0.15, 0.2) is 5.78 Å². The van der Waals surface area contributed by atoms with E-state index in [1.54, 1.807) is 6.08 Å². The lowest BCUT2D eigenvalue weighted by Gasteiger charge is -2.40. The van der Waals surface area contributed by atoms with Crippen LogP contribution in [0.3, 0.4) is 0 Å². The first-order valence-electron chi connectivity index (χ1n) is 14.8. The number of ketones is 1. The van der Waals surface area contributed by atoms with Crippen molar-refractivity contribution in [2.45, 2.75) is 72.6 Å². The third-order valence-corrected chi connectivity index (χ3v) is 13.5. The van der Waals surface area contributed by atoms with Crippen molar-refractivity contribution in [1.29, 1.82) is 0 Å². The van der Waals surface area contributed by atoms with E-state index in [0.29, 0.717) is 49.6 Å². The maximum atomic E-state index is 13.0. The molecule has 0 radical (unpaired) electrons. The number of amides is 1. The minimum Gasteiger partial charge on any atom is -0.378 e. The fraction of sp³-hybridized carbons (Fsp3) is 0.852. The highest BCUT2D eigenvalue weighted by Gasteiger charge is 2.50. The Morgan fingerprint density at radius 2 is 2.05 bits per heavy atom. The molecule has 0 aromatic rings. The number of ether oxygens (including phenoxy) is 3. The Labute approximate surface area is 249 Å². The summed E-state index contributed by atoms with van der Waals surface area (Å²) in [6.07, 6.45) is 4.40. The number of nitrogens with one attached hydrogen (secondary N) is 4. The number of hydrogen-bond donors (Lipinski definition) is 4. The van der Waals surface area contributed by atoms with Gasteiger partial charge in [-0.2, -0.15) is 0 Å². The fourth-order valence-electron chi connectivity index (χ4n) is 7.26. The van der Waals surface area contributed by atoms with Gasteiger partial charge in [-0.15, -0.1) is 23.5 Å². The standard InChI is InChI=1S/C27H41N5O5S3/c1-14(15-6-22(34)28-10-15)37-21-8-16(7-19-18(21)13-38-31-19)30-23-11-29-27(39-23)17-12-36-25-20(33)9-24(40-26(17)25)32-2-4-35-5-3-32/h9,14-19,21,23,25-27,29-31H,2-8,10-13H2,1H3,(H,28,34)/t14-,15-,16?,17?,18?,19?,21?,23?,25?,26?,27?/m0/s1. The van der Waals surface area contributed by atoms with Gasteiger partial charge in [-0.25, -0.2) is 0 Å². The fourth-order valence-corrected chi connectivity index (χ4v) is 11.6. The Hall–Kier alpha value is -0.510. The molecule has 6 fully saturated rings. The molecule has 0 bridgehead atoms. The minimum atomic E-state index is -0.333. The van der Waals surface area contributed by atoms with Crippen LogP contribution in [-0.4, -0.2) is 115 Å². The van der Waals surface area contributed by atoms with Gasteiger partial charge >= 0.3 is 0 Å². The number of carbonyl (C=O) groups excluding carboxylic acids is 2. The molecule has 11 atom stereocenters. The molecule has 1 amide bonds. The third kappa shape index (κ3) is 5.84. The molecule has 7 aliphatic rings. The van der Waals surface area contributed by atoms with Crippen molar-refractivity contribution in [3.63, 3.8) is 0 Å². The van der Waals surface area contributed by atoms with Crippen molar-refractivity contribution in [2.75, 3.05) is 51.8 Å². The molecule has 222 valence electrons. The first-order chi connectivity index (χ1) is 19.5. The van der Waals surface area contributed by atoms with E-state index < -0.39 is 0 Å². The van der Waals surface area contributed by atoms with Gasteiger partial charge < -0.3 is 35.1 Å². The van der Waals surface area contributed by atoms with Crippen LogP contribution in [0.4, 0.5) is 0 Å². The Morgan fingerprint density at radius 1 is 1.18 bits per heavy atom. The monoisotopic (exact) mass is 611 g/mol. The average Bonchev–Trinajstić information content (AvgIpc) is 3.76. The Morgan fingerprint density at radius 3 is 2.88 bits per heavy atom. The van der Waals surface area contributed by atoms with Crippen LogP contribution in [0.2, 0.25) is 0 Å². The van der Waals surface area contributed by atoms with Crippen LogP contribution in [0.15, 0.2) is 11.1 Å². The Kier molecular flexibility index (Phi) is 8.65. The lowest BCUT2D eigenvalue weighted by atomic mass is 9.80. The van der Waals surface area contributed by atoms with Gasteiger partial charge in [-0.05, 0) is 19.8 Å². The van der Waals surface area contributed by atoms with E-state index in [0.717, 1.165) is 49.8 Å². The van der Waals surface area contributed by atoms with Crippen molar-refractivity contribution in [2.24, 2.45) is 17.8 Å². The SMILES string of the molecule is C[C@H](OC1CC(NC2CNC(C3COC4C(=O)C=C(N5CCOCC5)SC43)S2)CC2NSCC21)[C@@H]1CNC(=O)C1.